The molecule has 138 valence electrons. The molecule has 0 unspecified atom stereocenters. The number of aryl methyl sites for hydroxylation is 1. The van der Waals surface area contributed by atoms with E-state index in [-0.39, 0.29) is 0 Å². The monoisotopic (exact) mass is 354 g/mol. The van der Waals surface area contributed by atoms with Crippen LogP contribution in [0.1, 0.15) is 29.7 Å². The van der Waals surface area contributed by atoms with Crippen molar-refractivity contribution < 1.29 is 5.11 Å². The minimum Gasteiger partial charge on any atom is -0.385 e. The van der Waals surface area contributed by atoms with Crippen molar-refractivity contribution in [2.75, 3.05) is 27.2 Å². The molecule has 0 bridgehead atoms. The predicted molar refractivity (Wildman–Crippen MR) is 101 cm³/mol. The van der Waals surface area contributed by atoms with Crippen molar-refractivity contribution in [2.45, 2.75) is 32.2 Å². The van der Waals surface area contributed by atoms with E-state index < -0.39 is 6.10 Å². The minimum atomic E-state index is -0.548. The quantitative estimate of drug-likeness (QED) is 0.730. The van der Waals surface area contributed by atoms with E-state index in [4.69, 9.17) is 4.98 Å². The highest BCUT2D eigenvalue weighted by molar-refractivity contribution is 5.74. The van der Waals surface area contributed by atoms with Gasteiger partial charge in [0, 0.05) is 26.2 Å². The Morgan fingerprint density at radius 3 is 2.92 bits per heavy atom. The fourth-order valence-corrected chi connectivity index (χ4v) is 3.58. The summed E-state index contributed by atoms with van der Waals surface area (Å²) in [6.45, 7) is 4.09. The maximum Gasteiger partial charge on any atom is 0.121 e. The van der Waals surface area contributed by atoms with E-state index >= 15 is 0 Å². The largest absolute Gasteiger partial charge is 0.385 e. The molecule has 0 aliphatic carbocycles. The van der Waals surface area contributed by atoms with Crippen molar-refractivity contribution in [1.82, 2.24) is 29.5 Å². The summed E-state index contributed by atoms with van der Waals surface area (Å²) in [7, 11) is 3.92. The number of aromatic nitrogens is 4. The van der Waals surface area contributed by atoms with Crippen LogP contribution < -0.4 is 0 Å². The molecule has 3 heterocycles. The minimum absolute atomic E-state index is 0.548. The number of para-hydroxylation sites is 2. The Kier molecular flexibility index (Phi) is 4.76. The number of likely N-dealkylation sites (N-methyl/N-ethyl adjacent to an activating group) is 1. The van der Waals surface area contributed by atoms with E-state index in [0.717, 1.165) is 60.8 Å². The van der Waals surface area contributed by atoms with Crippen LogP contribution in [0, 0.1) is 0 Å². The number of rotatable bonds is 5. The third-order valence-corrected chi connectivity index (χ3v) is 4.80. The summed E-state index contributed by atoms with van der Waals surface area (Å²) < 4.78 is 2.05. The van der Waals surface area contributed by atoms with Crippen LogP contribution >= 0.6 is 0 Å². The number of nitrogens with zero attached hydrogens (tertiary/aromatic N) is 5. The van der Waals surface area contributed by atoms with Gasteiger partial charge in [0.1, 0.15) is 11.9 Å². The van der Waals surface area contributed by atoms with Gasteiger partial charge in [0.2, 0.25) is 0 Å². The summed E-state index contributed by atoms with van der Waals surface area (Å²) in [6.07, 6.45) is 0.492. The lowest BCUT2D eigenvalue weighted by atomic mass is 10.2. The fourth-order valence-electron chi connectivity index (χ4n) is 3.58. The Morgan fingerprint density at radius 2 is 2.12 bits per heavy atom. The molecular formula is C19H26N6O. The lowest BCUT2D eigenvalue weighted by Crippen LogP contribution is -2.23. The lowest BCUT2D eigenvalue weighted by Gasteiger charge is -2.18. The Labute approximate surface area is 153 Å². The first-order valence-corrected chi connectivity index (χ1v) is 9.14. The topological polar surface area (TPSA) is 73.2 Å². The number of nitrogens with one attached hydrogen (secondary N) is 1. The molecule has 1 aromatic carbocycles. The highest BCUT2D eigenvalue weighted by atomic mass is 16.3. The zero-order valence-electron chi connectivity index (χ0n) is 15.4. The molecule has 0 saturated heterocycles. The van der Waals surface area contributed by atoms with Crippen molar-refractivity contribution >= 4 is 11.0 Å². The first-order valence-electron chi connectivity index (χ1n) is 9.14. The van der Waals surface area contributed by atoms with E-state index in [2.05, 4.69) is 21.0 Å². The molecule has 1 aliphatic rings. The van der Waals surface area contributed by atoms with Gasteiger partial charge in [-0.05, 0) is 38.7 Å². The number of aromatic amines is 1. The number of aliphatic hydroxyl groups excluding tert-OH is 1. The Morgan fingerprint density at radius 1 is 1.27 bits per heavy atom. The van der Waals surface area contributed by atoms with Gasteiger partial charge in [0.05, 0.1) is 29.0 Å². The number of H-pyrrole nitrogens is 1. The number of fused-ring (bicyclic) bond motifs is 2. The lowest BCUT2D eigenvalue weighted by molar-refractivity contribution is 0.133. The molecule has 0 saturated carbocycles. The molecule has 0 spiro atoms. The van der Waals surface area contributed by atoms with Crippen molar-refractivity contribution in [2.24, 2.45) is 0 Å². The van der Waals surface area contributed by atoms with Gasteiger partial charge in [-0.15, -0.1) is 0 Å². The van der Waals surface area contributed by atoms with Crippen molar-refractivity contribution in [1.29, 1.82) is 0 Å². The second kappa shape index (κ2) is 7.19. The molecule has 2 N–H and O–H groups in total. The molecule has 0 radical (unpaired) electrons. The molecule has 26 heavy (non-hydrogen) atoms. The first-order chi connectivity index (χ1) is 12.6. The maximum absolute atomic E-state index is 10.3. The summed E-state index contributed by atoms with van der Waals surface area (Å²) in [5.74, 6) is 0.993. The van der Waals surface area contributed by atoms with Crippen LogP contribution in [0.2, 0.25) is 0 Å². The van der Waals surface area contributed by atoms with Crippen LogP contribution in [-0.2, 0) is 19.6 Å². The fraction of sp³-hybridized carbons (Fsp3) is 0.474. The molecule has 7 heteroatoms. The van der Waals surface area contributed by atoms with Gasteiger partial charge in [0.15, 0.2) is 0 Å². The smallest absolute Gasteiger partial charge is 0.121 e. The zero-order chi connectivity index (χ0) is 18.1. The number of hydrogen-bond donors (Lipinski definition) is 2. The Balaban J connectivity index is 1.49. The van der Waals surface area contributed by atoms with Crippen LogP contribution in [0.4, 0.5) is 0 Å². The molecular weight excluding hydrogens is 328 g/mol. The zero-order valence-corrected chi connectivity index (χ0v) is 15.4. The highest BCUT2D eigenvalue weighted by Crippen LogP contribution is 2.20. The average Bonchev–Trinajstić information content (AvgIpc) is 3.13. The second-order valence-corrected chi connectivity index (χ2v) is 7.33. The van der Waals surface area contributed by atoms with Gasteiger partial charge in [-0.25, -0.2) is 4.98 Å². The molecule has 4 rings (SSSR count). The number of imidazole rings is 1. The predicted octanol–water partition coefficient (Wildman–Crippen LogP) is 1.76. The van der Waals surface area contributed by atoms with E-state index in [9.17, 15) is 5.11 Å². The number of aliphatic hydroxyl groups is 1. The van der Waals surface area contributed by atoms with Crippen molar-refractivity contribution in [3.8, 4) is 0 Å². The Hall–Kier alpha value is -2.22. The first kappa shape index (κ1) is 17.2. The van der Waals surface area contributed by atoms with Crippen LogP contribution in [0.5, 0.6) is 0 Å². The van der Waals surface area contributed by atoms with Crippen LogP contribution in [-0.4, -0.2) is 61.8 Å². The molecule has 1 aliphatic heterocycles. The van der Waals surface area contributed by atoms with E-state index in [1.807, 2.05) is 47.9 Å². The standard InChI is InChI=1S/C19H26N6O/c1-23(2)12-18(26)17-10-14-11-24(8-5-9-25(14)22-17)13-19-20-15-6-3-4-7-16(15)21-19/h3-4,6-7,10,18,26H,5,8-9,11-13H2,1-2H3,(H,20,21)/t18-/m1/s1. The highest BCUT2D eigenvalue weighted by Gasteiger charge is 2.20. The molecule has 0 fully saturated rings. The van der Waals surface area contributed by atoms with Gasteiger partial charge in [-0.3, -0.25) is 9.58 Å². The normalized spacial score (nSPS) is 16.8. The van der Waals surface area contributed by atoms with Gasteiger partial charge in [-0.1, -0.05) is 12.1 Å². The average molecular weight is 354 g/mol. The number of benzene rings is 1. The molecule has 0 amide bonds. The summed E-state index contributed by atoms with van der Waals surface area (Å²) in [6, 6.07) is 10.2. The van der Waals surface area contributed by atoms with Gasteiger partial charge < -0.3 is 15.0 Å². The van der Waals surface area contributed by atoms with Crippen LogP contribution in [0.15, 0.2) is 30.3 Å². The van der Waals surface area contributed by atoms with Crippen molar-refractivity contribution in [3.63, 3.8) is 0 Å². The summed E-state index contributed by atoms with van der Waals surface area (Å²) >= 11 is 0. The third-order valence-electron chi connectivity index (χ3n) is 4.80. The SMILES string of the molecule is CN(C)C[C@@H](O)c1cc2n(n1)CCCN(Cc1nc3ccccc3[nH]1)C2. The van der Waals surface area contributed by atoms with E-state index in [1.165, 1.54) is 0 Å². The molecule has 7 nitrogen and oxygen atoms in total. The summed E-state index contributed by atoms with van der Waals surface area (Å²) in [4.78, 5) is 12.5. The van der Waals surface area contributed by atoms with Crippen LogP contribution in [0.3, 0.4) is 0 Å². The van der Waals surface area contributed by atoms with Gasteiger partial charge in [0.25, 0.3) is 0 Å². The van der Waals surface area contributed by atoms with E-state index in [0.29, 0.717) is 6.54 Å². The third kappa shape index (κ3) is 3.65. The van der Waals surface area contributed by atoms with Gasteiger partial charge >= 0.3 is 0 Å². The summed E-state index contributed by atoms with van der Waals surface area (Å²) in [5.41, 5.74) is 4.01. The van der Waals surface area contributed by atoms with Gasteiger partial charge in [-0.2, -0.15) is 5.10 Å². The maximum atomic E-state index is 10.3. The summed E-state index contributed by atoms with van der Waals surface area (Å²) in [5, 5.41) is 15.0. The number of hydrogen-bond acceptors (Lipinski definition) is 5. The molecule has 2 aromatic heterocycles. The van der Waals surface area contributed by atoms with E-state index in [1.54, 1.807) is 0 Å². The van der Waals surface area contributed by atoms with Crippen LogP contribution in [0.25, 0.3) is 11.0 Å². The second-order valence-electron chi connectivity index (χ2n) is 7.33. The molecule has 3 aromatic rings. The molecule has 1 atom stereocenters. The van der Waals surface area contributed by atoms with Crippen molar-refractivity contribution in [3.05, 3.63) is 47.5 Å². The Bertz CT molecular complexity index is 850.